The number of carbonyl (C=O) groups excluding carboxylic acids is 1. The van der Waals surface area contributed by atoms with Crippen molar-refractivity contribution in [3.8, 4) is 23.0 Å². The zero-order valence-corrected chi connectivity index (χ0v) is 17.9. The summed E-state index contributed by atoms with van der Waals surface area (Å²) in [5.74, 6) is 2.21. The van der Waals surface area contributed by atoms with Crippen molar-refractivity contribution in [3.63, 3.8) is 0 Å². The molecule has 0 aliphatic carbocycles. The van der Waals surface area contributed by atoms with Crippen molar-refractivity contribution in [2.24, 2.45) is 0 Å². The Balaban J connectivity index is 1.44. The van der Waals surface area contributed by atoms with Gasteiger partial charge in [-0.25, -0.2) is 0 Å². The third-order valence-electron chi connectivity index (χ3n) is 4.61. The fourth-order valence-electron chi connectivity index (χ4n) is 3.06. The molecule has 0 fully saturated rings. The highest BCUT2D eigenvalue weighted by molar-refractivity contribution is 9.10. The molecule has 154 valence electrons. The molecule has 0 aromatic heterocycles. The SMILES string of the molecule is COc1cc(C(=O)NCc2ccc3c(c2)OCO3)cc(Br)c1OCc1ccccc1. The quantitative estimate of drug-likeness (QED) is 0.543. The zero-order valence-electron chi connectivity index (χ0n) is 16.3. The first-order chi connectivity index (χ1) is 14.6. The molecule has 0 spiro atoms. The van der Waals surface area contributed by atoms with E-state index in [1.54, 1.807) is 19.2 Å². The minimum atomic E-state index is -0.221. The number of methoxy groups -OCH3 is 1. The van der Waals surface area contributed by atoms with Gasteiger partial charge in [0.25, 0.3) is 5.91 Å². The second kappa shape index (κ2) is 9.09. The molecule has 3 aromatic carbocycles. The van der Waals surface area contributed by atoms with Crippen molar-refractivity contribution in [2.75, 3.05) is 13.9 Å². The van der Waals surface area contributed by atoms with Crippen LogP contribution in [0.4, 0.5) is 0 Å². The molecule has 1 amide bonds. The summed E-state index contributed by atoms with van der Waals surface area (Å²) in [7, 11) is 1.55. The van der Waals surface area contributed by atoms with Gasteiger partial charge in [0.2, 0.25) is 6.79 Å². The van der Waals surface area contributed by atoms with Gasteiger partial charge in [-0.3, -0.25) is 4.79 Å². The summed E-state index contributed by atoms with van der Waals surface area (Å²) in [6.45, 7) is 0.977. The predicted molar refractivity (Wildman–Crippen MR) is 115 cm³/mol. The number of halogens is 1. The number of hydrogen-bond donors (Lipinski definition) is 1. The van der Waals surface area contributed by atoms with Crippen LogP contribution in [0, 0.1) is 0 Å². The number of amides is 1. The maximum atomic E-state index is 12.7. The van der Waals surface area contributed by atoms with Gasteiger partial charge >= 0.3 is 0 Å². The lowest BCUT2D eigenvalue weighted by atomic mass is 10.1. The van der Waals surface area contributed by atoms with Crippen molar-refractivity contribution in [3.05, 3.63) is 81.8 Å². The normalized spacial score (nSPS) is 11.8. The molecule has 1 aliphatic rings. The number of carbonyl (C=O) groups is 1. The number of hydrogen-bond acceptors (Lipinski definition) is 5. The van der Waals surface area contributed by atoms with Crippen LogP contribution < -0.4 is 24.3 Å². The van der Waals surface area contributed by atoms with Crippen molar-refractivity contribution >= 4 is 21.8 Å². The van der Waals surface area contributed by atoms with E-state index in [1.165, 1.54) is 0 Å². The van der Waals surface area contributed by atoms with Crippen molar-refractivity contribution in [2.45, 2.75) is 13.2 Å². The van der Waals surface area contributed by atoms with Crippen LogP contribution in [0.2, 0.25) is 0 Å². The van der Waals surface area contributed by atoms with Crippen LogP contribution in [0.1, 0.15) is 21.5 Å². The van der Waals surface area contributed by atoms with E-state index in [1.807, 2.05) is 48.5 Å². The molecule has 0 saturated carbocycles. The van der Waals surface area contributed by atoms with Gasteiger partial charge in [-0.1, -0.05) is 36.4 Å². The van der Waals surface area contributed by atoms with Crippen LogP contribution in [0.15, 0.2) is 65.1 Å². The Labute approximate surface area is 182 Å². The van der Waals surface area contributed by atoms with Gasteiger partial charge in [0.05, 0.1) is 11.6 Å². The zero-order chi connectivity index (χ0) is 20.9. The number of fused-ring (bicyclic) bond motifs is 1. The van der Waals surface area contributed by atoms with Crippen LogP contribution in [-0.2, 0) is 13.2 Å². The minimum Gasteiger partial charge on any atom is -0.493 e. The summed E-state index contributed by atoms with van der Waals surface area (Å²) in [5.41, 5.74) is 2.42. The molecular formula is C23H20BrNO5. The second-order valence-electron chi connectivity index (χ2n) is 6.63. The molecule has 7 heteroatoms. The first kappa shape index (κ1) is 20.1. The van der Waals surface area contributed by atoms with E-state index < -0.39 is 0 Å². The Morgan fingerprint density at radius 2 is 1.83 bits per heavy atom. The first-order valence-corrected chi connectivity index (χ1v) is 10.1. The predicted octanol–water partition coefficient (Wildman–Crippen LogP) is 4.70. The monoisotopic (exact) mass is 469 g/mol. The third kappa shape index (κ3) is 4.52. The highest BCUT2D eigenvalue weighted by atomic mass is 79.9. The topological polar surface area (TPSA) is 66.0 Å². The highest BCUT2D eigenvalue weighted by Gasteiger charge is 2.17. The Hall–Kier alpha value is -3.19. The molecule has 1 heterocycles. The van der Waals surface area contributed by atoms with Gasteiger partial charge in [0, 0.05) is 12.1 Å². The molecule has 1 aliphatic heterocycles. The van der Waals surface area contributed by atoms with Gasteiger partial charge in [-0.05, 0) is 51.3 Å². The second-order valence-corrected chi connectivity index (χ2v) is 7.49. The van der Waals surface area contributed by atoms with E-state index in [9.17, 15) is 4.79 Å². The van der Waals surface area contributed by atoms with Crippen molar-refractivity contribution in [1.82, 2.24) is 5.32 Å². The van der Waals surface area contributed by atoms with E-state index >= 15 is 0 Å². The van der Waals surface area contributed by atoms with E-state index in [4.69, 9.17) is 18.9 Å². The molecule has 30 heavy (non-hydrogen) atoms. The van der Waals surface area contributed by atoms with Crippen molar-refractivity contribution in [1.29, 1.82) is 0 Å². The van der Waals surface area contributed by atoms with Crippen LogP contribution in [0.3, 0.4) is 0 Å². The number of benzene rings is 3. The fraction of sp³-hybridized carbons (Fsp3) is 0.174. The molecule has 0 saturated heterocycles. The molecule has 1 N–H and O–H groups in total. The number of rotatable bonds is 7. The Morgan fingerprint density at radius 3 is 2.63 bits per heavy atom. The molecule has 0 bridgehead atoms. The molecule has 0 atom stereocenters. The van der Waals surface area contributed by atoms with E-state index in [-0.39, 0.29) is 12.7 Å². The Bertz CT molecular complexity index is 1050. The van der Waals surface area contributed by atoms with Gasteiger partial charge in [0.1, 0.15) is 6.61 Å². The van der Waals surface area contributed by atoms with E-state index in [0.717, 1.165) is 11.1 Å². The Morgan fingerprint density at radius 1 is 1.03 bits per heavy atom. The van der Waals surface area contributed by atoms with E-state index in [0.29, 0.717) is 46.2 Å². The largest absolute Gasteiger partial charge is 0.493 e. The molecule has 0 radical (unpaired) electrons. The standard InChI is InChI=1S/C23H20BrNO5/c1-27-21-11-17(10-18(24)22(21)28-13-15-5-3-2-4-6-15)23(26)25-12-16-7-8-19-20(9-16)30-14-29-19/h2-11H,12-14H2,1H3,(H,25,26). The summed E-state index contributed by atoms with van der Waals surface area (Å²) in [4.78, 5) is 12.7. The first-order valence-electron chi connectivity index (χ1n) is 9.35. The lowest BCUT2D eigenvalue weighted by Crippen LogP contribution is -2.22. The summed E-state index contributed by atoms with van der Waals surface area (Å²) in [6, 6.07) is 18.8. The molecule has 6 nitrogen and oxygen atoms in total. The number of nitrogens with one attached hydrogen (secondary N) is 1. The Kier molecular flexibility index (Phi) is 6.09. The van der Waals surface area contributed by atoms with Gasteiger partial charge < -0.3 is 24.3 Å². The molecule has 0 unspecified atom stereocenters. The van der Waals surface area contributed by atoms with Crippen molar-refractivity contribution < 1.29 is 23.7 Å². The third-order valence-corrected chi connectivity index (χ3v) is 5.20. The average molecular weight is 470 g/mol. The molecule has 3 aromatic rings. The summed E-state index contributed by atoms with van der Waals surface area (Å²) < 4.78 is 22.7. The van der Waals surface area contributed by atoms with Gasteiger partial charge in [0.15, 0.2) is 23.0 Å². The van der Waals surface area contributed by atoms with Gasteiger partial charge in [-0.2, -0.15) is 0 Å². The van der Waals surface area contributed by atoms with Crippen LogP contribution in [-0.4, -0.2) is 19.8 Å². The van der Waals surface area contributed by atoms with Gasteiger partial charge in [-0.15, -0.1) is 0 Å². The summed E-state index contributed by atoms with van der Waals surface area (Å²) in [6.07, 6.45) is 0. The fourth-order valence-corrected chi connectivity index (χ4v) is 3.61. The van der Waals surface area contributed by atoms with E-state index in [2.05, 4.69) is 21.2 Å². The van der Waals surface area contributed by atoms with Crippen LogP contribution in [0.25, 0.3) is 0 Å². The maximum absolute atomic E-state index is 12.7. The lowest BCUT2D eigenvalue weighted by molar-refractivity contribution is 0.0950. The molecular weight excluding hydrogens is 450 g/mol. The van der Waals surface area contributed by atoms with Crippen LogP contribution in [0.5, 0.6) is 23.0 Å². The summed E-state index contributed by atoms with van der Waals surface area (Å²) in [5, 5.41) is 2.91. The number of ether oxygens (including phenoxy) is 4. The maximum Gasteiger partial charge on any atom is 0.251 e. The summed E-state index contributed by atoms with van der Waals surface area (Å²) >= 11 is 3.50. The highest BCUT2D eigenvalue weighted by Crippen LogP contribution is 2.37. The molecule has 4 rings (SSSR count). The smallest absolute Gasteiger partial charge is 0.251 e. The minimum absolute atomic E-state index is 0.220. The lowest BCUT2D eigenvalue weighted by Gasteiger charge is -2.14. The van der Waals surface area contributed by atoms with Crippen LogP contribution >= 0.6 is 15.9 Å². The average Bonchev–Trinajstić information content (AvgIpc) is 3.24.